The molecule has 0 aliphatic heterocycles. The molecule has 0 spiro atoms. The Bertz CT molecular complexity index is 993. The van der Waals surface area contributed by atoms with E-state index in [9.17, 15) is 14.3 Å². The number of H-pyrrole nitrogens is 1. The molecule has 0 radical (unpaired) electrons. The molecule has 1 heterocycles. The van der Waals surface area contributed by atoms with E-state index in [1.807, 2.05) is 24.3 Å². The molecule has 0 bridgehead atoms. The van der Waals surface area contributed by atoms with Gasteiger partial charge >= 0.3 is 5.69 Å². The number of hydrogen-bond acceptors (Lipinski definition) is 3. The lowest BCUT2D eigenvalue weighted by atomic mass is 10.0. The molecule has 2 aromatic carbocycles. The number of rotatable bonds is 6. The fourth-order valence-electron chi connectivity index (χ4n) is 2.85. The molecule has 0 saturated heterocycles. The van der Waals surface area contributed by atoms with Crippen LogP contribution in [0, 0.1) is 5.82 Å². The number of aliphatic hydroxyl groups is 1. The molecule has 0 fully saturated rings. The van der Waals surface area contributed by atoms with Gasteiger partial charge in [-0.25, -0.2) is 14.2 Å². The van der Waals surface area contributed by atoms with Gasteiger partial charge in [0.15, 0.2) is 0 Å². The Hall–Kier alpha value is -2.79. The maximum Gasteiger partial charge on any atom is 0.345 e. The van der Waals surface area contributed by atoms with Crippen molar-refractivity contribution in [1.29, 1.82) is 0 Å². The Morgan fingerprint density at radius 3 is 2.88 bits per heavy atom. The van der Waals surface area contributed by atoms with Crippen molar-refractivity contribution >= 4 is 17.0 Å². The molecule has 1 unspecified atom stereocenters. The number of halogens is 1. The van der Waals surface area contributed by atoms with Gasteiger partial charge in [0.05, 0.1) is 11.6 Å². The van der Waals surface area contributed by atoms with E-state index in [0.29, 0.717) is 11.1 Å². The Balaban J connectivity index is 1.78. The molecule has 1 atom stereocenters. The fraction of sp³-hybridized carbons (Fsp3) is 0.238. The topological polar surface area (TPSA) is 66.0 Å². The lowest BCUT2D eigenvalue weighted by Gasteiger charge is -2.06. The van der Waals surface area contributed by atoms with Gasteiger partial charge in [0.25, 0.3) is 0 Å². The molecule has 4 nitrogen and oxygen atoms in total. The molecule has 3 aromatic rings. The van der Waals surface area contributed by atoms with E-state index in [4.69, 9.17) is 0 Å². The van der Waals surface area contributed by atoms with E-state index in [1.165, 1.54) is 12.3 Å². The zero-order valence-corrected chi connectivity index (χ0v) is 14.6. The summed E-state index contributed by atoms with van der Waals surface area (Å²) in [4.78, 5) is 17.6. The Morgan fingerprint density at radius 2 is 2.12 bits per heavy atom. The molecule has 2 N–H and O–H groups in total. The number of allylic oxidation sites excluding steroid dienone is 1. The second-order valence-corrected chi connectivity index (χ2v) is 6.41. The number of nitrogens with zero attached hydrogens (tertiary/aromatic N) is 1. The van der Waals surface area contributed by atoms with Gasteiger partial charge in [-0.1, -0.05) is 30.4 Å². The van der Waals surface area contributed by atoms with Crippen LogP contribution in [0.3, 0.4) is 0 Å². The van der Waals surface area contributed by atoms with E-state index >= 15 is 0 Å². The molecular weight excluding hydrogens is 331 g/mol. The lowest BCUT2D eigenvalue weighted by Crippen LogP contribution is -2.08. The van der Waals surface area contributed by atoms with Crippen LogP contribution < -0.4 is 5.69 Å². The van der Waals surface area contributed by atoms with Gasteiger partial charge < -0.3 is 10.1 Å². The van der Waals surface area contributed by atoms with Crippen molar-refractivity contribution in [3.63, 3.8) is 0 Å². The fourth-order valence-corrected chi connectivity index (χ4v) is 2.85. The van der Waals surface area contributed by atoms with Crippen molar-refractivity contribution in [2.24, 2.45) is 0 Å². The maximum absolute atomic E-state index is 14.5. The summed E-state index contributed by atoms with van der Waals surface area (Å²) in [6, 6.07) is 10.5. The summed E-state index contributed by atoms with van der Waals surface area (Å²) in [7, 11) is 0. The molecule has 0 saturated carbocycles. The number of nitrogens with one attached hydrogen (secondary N) is 1. The van der Waals surface area contributed by atoms with Gasteiger partial charge in [-0.2, -0.15) is 0 Å². The largest absolute Gasteiger partial charge is 0.393 e. The van der Waals surface area contributed by atoms with E-state index in [-0.39, 0.29) is 11.9 Å². The highest BCUT2D eigenvalue weighted by Gasteiger charge is 2.07. The number of aliphatic hydroxyl groups excluding tert-OH is 1. The van der Waals surface area contributed by atoms with Crippen LogP contribution in [0.1, 0.15) is 31.7 Å². The van der Waals surface area contributed by atoms with Gasteiger partial charge in [-0.05, 0) is 55.5 Å². The van der Waals surface area contributed by atoms with Crippen molar-refractivity contribution < 1.29 is 9.50 Å². The Labute approximate surface area is 151 Å². The average Bonchev–Trinajstić information content (AvgIpc) is 2.61. The maximum atomic E-state index is 14.5. The zero-order valence-electron chi connectivity index (χ0n) is 14.6. The summed E-state index contributed by atoms with van der Waals surface area (Å²) < 4.78 is 14.5. The molecule has 0 aliphatic rings. The van der Waals surface area contributed by atoms with Crippen LogP contribution in [0.4, 0.5) is 4.39 Å². The van der Waals surface area contributed by atoms with Crippen LogP contribution in [-0.2, 0) is 0 Å². The highest BCUT2D eigenvalue weighted by molar-refractivity contribution is 5.83. The second kappa shape index (κ2) is 8.06. The predicted octanol–water partition coefficient (Wildman–Crippen LogP) is 4.29. The summed E-state index contributed by atoms with van der Waals surface area (Å²) >= 11 is 0. The molecule has 3 rings (SSSR count). The van der Waals surface area contributed by atoms with Crippen molar-refractivity contribution in [1.82, 2.24) is 9.97 Å². The molecule has 5 heteroatoms. The Morgan fingerprint density at radius 1 is 1.27 bits per heavy atom. The minimum Gasteiger partial charge on any atom is -0.393 e. The standard InChI is InChI=1S/C21H21FN2O2/c1-14(25)5-3-2-4-6-15-7-9-18(19(22)11-15)16-8-10-20-17(12-16)13-23-21(26)24-20/h4,6-14,25H,2-3,5H2,1H3,(H,23,24,26)/b6-4+. The number of aromatic nitrogens is 2. The van der Waals surface area contributed by atoms with Crippen LogP contribution in [-0.4, -0.2) is 21.2 Å². The van der Waals surface area contributed by atoms with Crippen LogP contribution >= 0.6 is 0 Å². The quantitative estimate of drug-likeness (QED) is 0.650. The molecule has 134 valence electrons. The number of benzene rings is 2. The van der Waals surface area contributed by atoms with Gasteiger partial charge in [0.1, 0.15) is 5.82 Å². The smallest absolute Gasteiger partial charge is 0.345 e. The Kier molecular flexibility index (Phi) is 5.58. The summed E-state index contributed by atoms with van der Waals surface area (Å²) in [5.74, 6) is -0.298. The van der Waals surface area contributed by atoms with Crippen molar-refractivity contribution in [3.8, 4) is 11.1 Å². The number of fused-ring (bicyclic) bond motifs is 1. The normalized spacial score (nSPS) is 12.7. The van der Waals surface area contributed by atoms with Crippen molar-refractivity contribution in [3.05, 3.63) is 70.5 Å². The third kappa shape index (κ3) is 4.43. The monoisotopic (exact) mass is 352 g/mol. The summed E-state index contributed by atoms with van der Waals surface area (Å²) in [6.45, 7) is 1.78. The SMILES string of the molecule is CC(O)CCC/C=C/c1ccc(-c2ccc3[nH]c(=O)ncc3c2)c(F)c1. The second-order valence-electron chi connectivity index (χ2n) is 6.41. The van der Waals surface area contributed by atoms with Crippen molar-refractivity contribution in [2.45, 2.75) is 32.3 Å². The van der Waals surface area contributed by atoms with Gasteiger partial charge in [0.2, 0.25) is 0 Å². The van der Waals surface area contributed by atoms with Crippen LogP contribution in [0.2, 0.25) is 0 Å². The van der Waals surface area contributed by atoms with E-state index in [2.05, 4.69) is 9.97 Å². The first-order chi connectivity index (χ1) is 12.5. The number of unbranched alkanes of at least 4 members (excludes halogenated alkanes) is 1. The molecule has 0 amide bonds. The first kappa shape index (κ1) is 18.0. The van der Waals surface area contributed by atoms with E-state index < -0.39 is 5.69 Å². The summed E-state index contributed by atoms with van der Waals surface area (Å²) in [5.41, 5.74) is 2.31. The third-order valence-electron chi connectivity index (χ3n) is 4.22. The lowest BCUT2D eigenvalue weighted by molar-refractivity contribution is 0.182. The minimum atomic E-state index is -0.402. The molecule has 0 aliphatic carbocycles. The number of aromatic amines is 1. The summed E-state index contributed by atoms with van der Waals surface area (Å²) in [5, 5.41) is 9.98. The first-order valence-electron chi connectivity index (χ1n) is 8.66. The van der Waals surface area contributed by atoms with Gasteiger partial charge in [0, 0.05) is 17.1 Å². The average molecular weight is 352 g/mol. The number of hydrogen-bond donors (Lipinski definition) is 2. The molecule has 26 heavy (non-hydrogen) atoms. The van der Waals surface area contributed by atoms with E-state index in [0.717, 1.165) is 35.8 Å². The van der Waals surface area contributed by atoms with Gasteiger partial charge in [-0.15, -0.1) is 0 Å². The van der Waals surface area contributed by atoms with Crippen LogP contribution in [0.15, 0.2) is 53.5 Å². The van der Waals surface area contributed by atoms with E-state index in [1.54, 1.807) is 25.1 Å². The molecule has 1 aromatic heterocycles. The van der Waals surface area contributed by atoms with Crippen LogP contribution in [0.5, 0.6) is 0 Å². The highest BCUT2D eigenvalue weighted by Crippen LogP contribution is 2.26. The predicted molar refractivity (Wildman–Crippen MR) is 102 cm³/mol. The van der Waals surface area contributed by atoms with Gasteiger partial charge in [-0.3, -0.25) is 0 Å². The summed E-state index contributed by atoms with van der Waals surface area (Å²) in [6.07, 6.45) is 7.61. The minimum absolute atomic E-state index is 0.282. The van der Waals surface area contributed by atoms with Crippen LogP contribution in [0.25, 0.3) is 28.1 Å². The zero-order chi connectivity index (χ0) is 18.5. The molecular formula is C21H21FN2O2. The highest BCUT2D eigenvalue weighted by atomic mass is 19.1. The first-order valence-corrected chi connectivity index (χ1v) is 8.66. The van der Waals surface area contributed by atoms with Crippen molar-refractivity contribution in [2.75, 3.05) is 0 Å². The third-order valence-corrected chi connectivity index (χ3v) is 4.22.